The SMILES string of the molecule is CC(C)(C)c1ccc(CO/N=C/c2ccccc2[N+](=O)[O-])cc1. The zero-order valence-corrected chi connectivity index (χ0v) is 13.5. The van der Waals surface area contributed by atoms with Crippen molar-refractivity contribution in [3.63, 3.8) is 0 Å². The molecule has 0 saturated carbocycles. The van der Waals surface area contributed by atoms with E-state index in [1.165, 1.54) is 17.8 Å². The molecule has 0 fully saturated rings. The van der Waals surface area contributed by atoms with Crippen molar-refractivity contribution in [2.45, 2.75) is 32.8 Å². The van der Waals surface area contributed by atoms with Crippen molar-refractivity contribution < 1.29 is 9.76 Å². The van der Waals surface area contributed by atoms with Gasteiger partial charge in [0.05, 0.1) is 16.7 Å². The van der Waals surface area contributed by atoms with E-state index >= 15 is 0 Å². The molecule has 5 heteroatoms. The second-order valence-electron chi connectivity index (χ2n) is 6.27. The van der Waals surface area contributed by atoms with Gasteiger partial charge in [0.1, 0.15) is 6.61 Å². The summed E-state index contributed by atoms with van der Waals surface area (Å²) < 4.78 is 0. The fraction of sp³-hybridized carbons (Fsp3) is 0.278. The van der Waals surface area contributed by atoms with E-state index < -0.39 is 4.92 Å². The van der Waals surface area contributed by atoms with Crippen molar-refractivity contribution in [2.24, 2.45) is 5.16 Å². The van der Waals surface area contributed by atoms with Crippen molar-refractivity contribution in [1.29, 1.82) is 0 Å². The molecule has 0 bridgehead atoms. The minimum absolute atomic E-state index is 0.00869. The van der Waals surface area contributed by atoms with Gasteiger partial charge < -0.3 is 4.84 Å². The predicted octanol–water partition coefficient (Wildman–Crippen LogP) is 4.44. The second kappa shape index (κ2) is 7.05. The number of nitro benzene ring substituents is 1. The summed E-state index contributed by atoms with van der Waals surface area (Å²) in [6.07, 6.45) is 1.36. The van der Waals surface area contributed by atoms with Crippen LogP contribution in [0.5, 0.6) is 0 Å². The molecule has 120 valence electrons. The molecule has 5 nitrogen and oxygen atoms in total. The van der Waals surface area contributed by atoms with E-state index in [4.69, 9.17) is 4.84 Å². The Kier molecular flexibility index (Phi) is 5.11. The molecule has 2 aromatic rings. The summed E-state index contributed by atoms with van der Waals surface area (Å²) in [4.78, 5) is 15.7. The van der Waals surface area contributed by atoms with Gasteiger partial charge in [0.25, 0.3) is 5.69 Å². The lowest BCUT2D eigenvalue weighted by atomic mass is 9.87. The smallest absolute Gasteiger partial charge is 0.278 e. The van der Waals surface area contributed by atoms with Crippen molar-refractivity contribution in [3.05, 3.63) is 75.3 Å². The van der Waals surface area contributed by atoms with E-state index in [-0.39, 0.29) is 11.1 Å². The molecule has 0 aromatic heterocycles. The fourth-order valence-corrected chi connectivity index (χ4v) is 2.07. The summed E-state index contributed by atoms with van der Waals surface area (Å²) in [7, 11) is 0. The topological polar surface area (TPSA) is 64.7 Å². The Labute approximate surface area is 135 Å². The highest BCUT2D eigenvalue weighted by atomic mass is 16.6. The van der Waals surface area contributed by atoms with Crippen LogP contribution in [0.3, 0.4) is 0 Å². The lowest BCUT2D eigenvalue weighted by Crippen LogP contribution is -2.10. The van der Waals surface area contributed by atoms with E-state index in [1.807, 2.05) is 12.1 Å². The third-order valence-corrected chi connectivity index (χ3v) is 3.45. The van der Waals surface area contributed by atoms with Crippen LogP contribution in [0, 0.1) is 10.1 Å². The monoisotopic (exact) mass is 312 g/mol. The first kappa shape index (κ1) is 16.7. The Bertz CT molecular complexity index is 701. The van der Waals surface area contributed by atoms with Crippen LogP contribution >= 0.6 is 0 Å². The maximum absolute atomic E-state index is 10.9. The fourth-order valence-electron chi connectivity index (χ4n) is 2.07. The van der Waals surface area contributed by atoms with E-state index in [9.17, 15) is 10.1 Å². The number of hydrogen-bond donors (Lipinski definition) is 0. The first-order valence-corrected chi connectivity index (χ1v) is 7.36. The average molecular weight is 312 g/mol. The third kappa shape index (κ3) is 4.64. The van der Waals surface area contributed by atoms with E-state index in [2.05, 4.69) is 38.1 Å². The molecule has 2 aromatic carbocycles. The van der Waals surface area contributed by atoms with Gasteiger partial charge in [0.2, 0.25) is 0 Å². The average Bonchev–Trinajstić information content (AvgIpc) is 2.51. The molecule has 0 aliphatic heterocycles. The molecule has 0 atom stereocenters. The Hall–Kier alpha value is -2.69. The van der Waals surface area contributed by atoms with Crippen LogP contribution in [0.2, 0.25) is 0 Å². The van der Waals surface area contributed by atoms with Crippen molar-refractivity contribution in [1.82, 2.24) is 0 Å². The van der Waals surface area contributed by atoms with Gasteiger partial charge in [-0.25, -0.2) is 0 Å². The largest absolute Gasteiger partial charge is 0.391 e. The van der Waals surface area contributed by atoms with Crippen LogP contribution < -0.4 is 0 Å². The van der Waals surface area contributed by atoms with Crippen LogP contribution in [0.25, 0.3) is 0 Å². The Balaban J connectivity index is 1.96. The van der Waals surface area contributed by atoms with Gasteiger partial charge in [-0.3, -0.25) is 10.1 Å². The lowest BCUT2D eigenvalue weighted by molar-refractivity contribution is -0.385. The molecule has 2 rings (SSSR count). The highest BCUT2D eigenvalue weighted by Gasteiger charge is 2.13. The van der Waals surface area contributed by atoms with E-state index in [0.29, 0.717) is 12.2 Å². The molecular weight excluding hydrogens is 292 g/mol. The third-order valence-electron chi connectivity index (χ3n) is 3.45. The zero-order valence-electron chi connectivity index (χ0n) is 13.5. The molecule has 0 aliphatic carbocycles. The van der Waals surface area contributed by atoms with Gasteiger partial charge >= 0.3 is 0 Å². The Morgan fingerprint density at radius 3 is 2.39 bits per heavy atom. The summed E-state index contributed by atoms with van der Waals surface area (Å²) in [5.41, 5.74) is 2.79. The van der Waals surface area contributed by atoms with Crippen LogP contribution in [0.15, 0.2) is 53.7 Å². The second-order valence-corrected chi connectivity index (χ2v) is 6.27. The number of para-hydroxylation sites is 1. The van der Waals surface area contributed by atoms with Gasteiger partial charge in [-0.15, -0.1) is 0 Å². The Morgan fingerprint density at radius 1 is 1.13 bits per heavy atom. The van der Waals surface area contributed by atoms with Gasteiger partial charge in [0, 0.05) is 6.07 Å². The van der Waals surface area contributed by atoms with Gasteiger partial charge in [-0.1, -0.05) is 62.3 Å². The van der Waals surface area contributed by atoms with Gasteiger partial charge in [-0.2, -0.15) is 0 Å². The standard InChI is InChI=1S/C18H20N2O3/c1-18(2,3)16-10-8-14(9-11-16)13-23-19-12-15-6-4-5-7-17(15)20(21)22/h4-12H,13H2,1-3H3/b19-12+. The van der Waals surface area contributed by atoms with Crippen LogP contribution in [-0.4, -0.2) is 11.1 Å². The molecule has 23 heavy (non-hydrogen) atoms. The highest BCUT2D eigenvalue weighted by Crippen LogP contribution is 2.22. The molecular formula is C18H20N2O3. The zero-order chi connectivity index (χ0) is 16.9. The number of nitrogens with zero attached hydrogens (tertiary/aromatic N) is 2. The summed E-state index contributed by atoms with van der Waals surface area (Å²) in [5, 5.41) is 14.7. The molecule has 0 heterocycles. The van der Waals surface area contributed by atoms with Crippen LogP contribution in [0.1, 0.15) is 37.5 Å². The van der Waals surface area contributed by atoms with Crippen molar-refractivity contribution >= 4 is 11.9 Å². The predicted molar refractivity (Wildman–Crippen MR) is 90.6 cm³/mol. The van der Waals surface area contributed by atoms with Crippen molar-refractivity contribution in [2.75, 3.05) is 0 Å². The normalized spacial score (nSPS) is 11.6. The molecule has 0 unspecified atom stereocenters. The molecule has 0 N–H and O–H groups in total. The first-order valence-electron chi connectivity index (χ1n) is 7.36. The minimum atomic E-state index is -0.438. The molecule has 0 radical (unpaired) electrons. The highest BCUT2D eigenvalue weighted by molar-refractivity contribution is 5.84. The van der Waals surface area contributed by atoms with Gasteiger partial charge in [-0.05, 0) is 22.6 Å². The summed E-state index contributed by atoms with van der Waals surface area (Å²) >= 11 is 0. The molecule has 0 spiro atoms. The maximum Gasteiger partial charge on any atom is 0.278 e. The summed E-state index contributed by atoms with van der Waals surface area (Å²) in [5.74, 6) is 0. The quantitative estimate of drug-likeness (QED) is 0.465. The van der Waals surface area contributed by atoms with Crippen LogP contribution in [0.4, 0.5) is 5.69 Å². The number of hydrogen-bond acceptors (Lipinski definition) is 4. The van der Waals surface area contributed by atoms with Gasteiger partial charge in [0.15, 0.2) is 0 Å². The summed E-state index contributed by atoms with van der Waals surface area (Å²) in [6.45, 7) is 6.81. The van der Waals surface area contributed by atoms with E-state index in [0.717, 1.165) is 5.56 Å². The van der Waals surface area contributed by atoms with Crippen LogP contribution in [-0.2, 0) is 16.9 Å². The molecule has 0 saturated heterocycles. The van der Waals surface area contributed by atoms with E-state index in [1.54, 1.807) is 18.2 Å². The minimum Gasteiger partial charge on any atom is -0.391 e. The maximum atomic E-state index is 10.9. The van der Waals surface area contributed by atoms with Crippen molar-refractivity contribution in [3.8, 4) is 0 Å². The first-order chi connectivity index (χ1) is 10.9. The number of benzene rings is 2. The summed E-state index contributed by atoms with van der Waals surface area (Å²) in [6, 6.07) is 14.6. The number of rotatable bonds is 5. The Morgan fingerprint density at radius 2 is 1.78 bits per heavy atom. The number of nitro groups is 1. The molecule has 0 aliphatic rings. The lowest BCUT2D eigenvalue weighted by Gasteiger charge is -2.18. The number of oxime groups is 1. The molecule has 0 amide bonds.